The van der Waals surface area contributed by atoms with E-state index in [1.807, 2.05) is 30.3 Å². The van der Waals surface area contributed by atoms with Crippen LogP contribution in [0.3, 0.4) is 0 Å². The molecule has 0 spiro atoms. The van der Waals surface area contributed by atoms with Gasteiger partial charge in [-0.15, -0.1) is 0 Å². The molecule has 10 heteroatoms. The lowest BCUT2D eigenvalue weighted by molar-refractivity contribution is -0.136. The quantitative estimate of drug-likeness (QED) is 0.374. The van der Waals surface area contributed by atoms with Crippen molar-refractivity contribution in [3.63, 3.8) is 0 Å². The van der Waals surface area contributed by atoms with Crippen LogP contribution >= 0.6 is 0 Å². The average Bonchev–Trinajstić information content (AvgIpc) is 2.60. The van der Waals surface area contributed by atoms with Crippen molar-refractivity contribution in [2.24, 2.45) is 0 Å². The summed E-state index contributed by atoms with van der Waals surface area (Å²) in [4.78, 5) is 20.1. The molecule has 0 aromatic heterocycles. The summed E-state index contributed by atoms with van der Waals surface area (Å²) >= 11 is 0. The number of benzene rings is 1. The normalized spacial score (nSPS) is 10.8. The molecule has 0 saturated heterocycles. The van der Waals surface area contributed by atoms with E-state index in [1.165, 1.54) is 0 Å². The molecule has 26 heavy (non-hydrogen) atoms. The zero-order valence-corrected chi connectivity index (χ0v) is 18.5. The van der Waals surface area contributed by atoms with Crippen LogP contribution in [0, 0.1) is 0 Å². The molecule has 8 nitrogen and oxygen atoms in total. The molecule has 0 atom stereocenters. The van der Waals surface area contributed by atoms with E-state index in [0.29, 0.717) is 32.5 Å². The first-order valence-electron chi connectivity index (χ1n) is 8.10. The highest BCUT2D eigenvalue weighted by molar-refractivity contribution is 6.81. The number of ether oxygens (including phenoxy) is 2. The number of rotatable bonds is 12. The van der Waals surface area contributed by atoms with Gasteiger partial charge in [-0.05, 0) is 5.19 Å². The fourth-order valence-electron chi connectivity index (χ4n) is 2.04. The smallest absolute Gasteiger partial charge is 0.373 e. The van der Waals surface area contributed by atoms with Crippen LogP contribution in [0.15, 0.2) is 30.3 Å². The summed E-state index contributed by atoms with van der Waals surface area (Å²) in [5, 5.41) is 17.4. The lowest BCUT2D eigenvalue weighted by Crippen LogP contribution is -2.55. The summed E-state index contributed by atoms with van der Waals surface area (Å²) in [6, 6.07) is 9.90. The summed E-state index contributed by atoms with van der Waals surface area (Å²) in [5.74, 6) is -0.863. The molecule has 0 heterocycles. The van der Waals surface area contributed by atoms with E-state index >= 15 is 0 Å². The van der Waals surface area contributed by atoms with E-state index < -0.39 is 20.1 Å². The van der Waals surface area contributed by atoms with Crippen LogP contribution in [0.25, 0.3) is 0 Å². The Morgan fingerprint density at radius 3 is 1.81 bits per heavy atom. The molecule has 0 radical (unpaired) electrons. The van der Waals surface area contributed by atoms with Crippen molar-refractivity contribution in [3.8, 4) is 0 Å². The maximum atomic E-state index is 11.0. The number of carbonyl (C=O) groups is 2. The summed E-state index contributed by atoms with van der Waals surface area (Å²) in [5.41, 5.74) is -0.694. The minimum absolute atomic E-state index is 0.00107. The van der Waals surface area contributed by atoms with E-state index in [-0.39, 0.29) is 16.7 Å². The van der Waals surface area contributed by atoms with Crippen LogP contribution in [-0.4, -0.2) is 81.2 Å². The van der Waals surface area contributed by atoms with Crippen molar-refractivity contribution in [1.29, 1.82) is 0 Å². The predicted molar refractivity (Wildman–Crippen MR) is 103 cm³/mol. The molecular formula is C16H28O8Si2. The second-order valence-electron chi connectivity index (χ2n) is 5.21. The molecule has 0 amide bonds. The van der Waals surface area contributed by atoms with Crippen LogP contribution < -0.4 is 5.19 Å². The summed E-state index contributed by atoms with van der Waals surface area (Å²) < 4.78 is 22.1. The number of carboxylic acids is 1. The third-order valence-corrected chi connectivity index (χ3v) is 6.59. The van der Waals surface area contributed by atoms with E-state index in [0.717, 1.165) is 5.19 Å². The molecule has 0 bridgehead atoms. The Kier molecular flexibility index (Phi) is 13.7. The van der Waals surface area contributed by atoms with E-state index in [9.17, 15) is 4.79 Å². The van der Waals surface area contributed by atoms with Crippen molar-refractivity contribution < 1.29 is 38.1 Å². The highest BCUT2D eigenvalue weighted by atomic mass is 28.4. The molecule has 0 saturated carbocycles. The van der Waals surface area contributed by atoms with Gasteiger partial charge in [0.05, 0.1) is 26.4 Å². The van der Waals surface area contributed by atoms with Crippen molar-refractivity contribution >= 4 is 35.6 Å². The van der Waals surface area contributed by atoms with Crippen LogP contribution in [0.2, 0.25) is 6.04 Å². The maximum Gasteiger partial charge on any atom is 0.373 e. The Hall–Kier alpha value is -1.57. The maximum absolute atomic E-state index is 11.0. The first kappa shape index (κ1) is 24.4. The lowest BCUT2D eigenvalue weighted by atomic mass is 10.4. The third-order valence-electron chi connectivity index (χ3n) is 3.13. The number of methoxy groups -OCH3 is 2. The largest absolute Gasteiger partial charge is 0.486 e. The molecule has 1 aromatic rings. The number of hydrogen-bond acceptors (Lipinski definition) is 6. The van der Waals surface area contributed by atoms with Crippen molar-refractivity contribution in [2.45, 2.75) is 12.5 Å². The Morgan fingerprint density at radius 1 is 0.962 bits per heavy atom. The van der Waals surface area contributed by atoms with Crippen molar-refractivity contribution in [1.82, 2.24) is 0 Å². The summed E-state index contributed by atoms with van der Waals surface area (Å²) in [6.45, 7) is 1.60. The van der Waals surface area contributed by atoms with Crippen LogP contribution in [0.4, 0.5) is 4.79 Å². The Balaban J connectivity index is 0.00000141. The Labute approximate surface area is 157 Å². The fourth-order valence-corrected chi connectivity index (χ4v) is 5.10. The third kappa shape index (κ3) is 11.1. The second-order valence-corrected chi connectivity index (χ2v) is 9.23. The number of carboxylic acid groups (broad SMARTS) is 2. The van der Waals surface area contributed by atoms with Gasteiger partial charge in [-0.2, -0.15) is 0 Å². The number of hydrogen-bond donors (Lipinski definition) is 2. The summed E-state index contributed by atoms with van der Waals surface area (Å²) in [7, 11) is 0.606. The minimum atomic E-state index is -2.85. The van der Waals surface area contributed by atoms with Crippen molar-refractivity contribution in [3.05, 3.63) is 30.3 Å². The van der Waals surface area contributed by atoms with E-state index in [1.54, 1.807) is 14.2 Å². The monoisotopic (exact) mass is 404 g/mol. The first-order valence-corrected chi connectivity index (χ1v) is 11.1. The van der Waals surface area contributed by atoms with Crippen LogP contribution in [-0.2, 0) is 23.1 Å². The molecule has 0 aliphatic rings. The van der Waals surface area contributed by atoms with Gasteiger partial charge in [-0.3, -0.25) is 9.59 Å². The highest BCUT2D eigenvalue weighted by Crippen LogP contribution is 2.17. The van der Waals surface area contributed by atoms with E-state index in [4.69, 9.17) is 33.3 Å². The molecule has 2 N–H and O–H groups in total. The van der Waals surface area contributed by atoms with Gasteiger partial charge in [-0.25, -0.2) is 0 Å². The van der Waals surface area contributed by atoms with E-state index in [2.05, 4.69) is 0 Å². The minimum Gasteiger partial charge on any atom is -0.486 e. The molecule has 0 aliphatic heterocycles. The fraction of sp³-hybridized carbons (Fsp3) is 0.500. The molecule has 148 valence electrons. The van der Waals surface area contributed by atoms with Gasteiger partial charge in [0, 0.05) is 26.7 Å². The van der Waals surface area contributed by atoms with Crippen LogP contribution in [0.1, 0.15) is 6.42 Å². The molecule has 0 aliphatic carbocycles. The predicted octanol–water partition coefficient (Wildman–Crippen LogP) is 0.166. The second kappa shape index (κ2) is 14.6. The van der Waals surface area contributed by atoms with Gasteiger partial charge < -0.3 is 28.5 Å². The molecule has 0 unspecified atom stereocenters. The van der Waals surface area contributed by atoms with Gasteiger partial charge in [0.15, 0.2) is 0 Å². The standard InChI is InChI=1S/C15H24O6Si.CH4O2Si/c1-18-9-11-20-22(13-8-15(16)17,21-12-10-19-2)14-6-4-3-5-7-14;2-1(3)4/h3-7H,8-13H2,1-2H3,(H,16,17);4H3,(H,2,3). The zero-order valence-electron chi connectivity index (χ0n) is 15.5. The average molecular weight is 405 g/mol. The molecule has 1 rings (SSSR count). The molecular weight excluding hydrogens is 376 g/mol. The lowest BCUT2D eigenvalue weighted by Gasteiger charge is -2.30. The van der Waals surface area contributed by atoms with Gasteiger partial charge in [-0.1, -0.05) is 30.3 Å². The Morgan fingerprint density at radius 2 is 1.42 bits per heavy atom. The van der Waals surface area contributed by atoms with Gasteiger partial charge in [0.2, 0.25) is 0 Å². The molecule has 1 aromatic carbocycles. The Bertz CT molecular complexity index is 498. The topological polar surface area (TPSA) is 112 Å². The SMILES string of the molecule is COCCO[Si](CCC(=O)O)(OCCOC)c1ccccc1.O=C(O)[SiH3]. The van der Waals surface area contributed by atoms with Gasteiger partial charge >= 0.3 is 14.5 Å². The number of aliphatic carboxylic acids is 1. The van der Waals surface area contributed by atoms with Gasteiger partial charge in [0.25, 0.3) is 5.59 Å². The zero-order chi connectivity index (χ0) is 19.8. The summed E-state index contributed by atoms with van der Waals surface area (Å²) in [6.07, 6.45) is 0.00107. The highest BCUT2D eigenvalue weighted by Gasteiger charge is 2.40. The first-order chi connectivity index (χ1) is 12.4. The van der Waals surface area contributed by atoms with Crippen molar-refractivity contribution in [2.75, 3.05) is 40.6 Å². The molecule has 0 fully saturated rings. The van der Waals surface area contributed by atoms with Gasteiger partial charge in [0.1, 0.15) is 10.2 Å². The van der Waals surface area contributed by atoms with Crippen LogP contribution in [0.5, 0.6) is 0 Å².